The lowest BCUT2D eigenvalue weighted by Gasteiger charge is -1.89. The van der Waals surface area contributed by atoms with Crippen LogP contribution in [-0.4, -0.2) is 6.21 Å². The Morgan fingerprint density at radius 2 is 1.75 bits per heavy atom. The second kappa shape index (κ2) is 3.18. The van der Waals surface area contributed by atoms with Crippen molar-refractivity contribution in [2.45, 2.75) is 0 Å². The van der Waals surface area contributed by atoms with E-state index in [0.717, 1.165) is 5.22 Å². The van der Waals surface area contributed by atoms with Crippen molar-refractivity contribution >= 4 is 18.5 Å². The monoisotopic (exact) mass is 155 g/mol. The van der Waals surface area contributed by atoms with Crippen molar-refractivity contribution in [3.63, 3.8) is 0 Å². The molecule has 0 saturated carbocycles. The SMILES string of the molecule is C1=CC=c2ccccc2=CN=C1. The molecule has 1 aliphatic heterocycles. The maximum Gasteiger partial charge on any atom is 0.0346 e. The summed E-state index contributed by atoms with van der Waals surface area (Å²) in [7, 11) is 0. The van der Waals surface area contributed by atoms with Crippen LogP contribution in [0.5, 0.6) is 0 Å². The van der Waals surface area contributed by atoms with Gasteiger partial charge in [0.1, 0.15) is 0 Å². The van der Waals surface area contributed by atoms with Gasteiger partial charge in [-0.1, -0.05) is 36.4 Å². The average molecular weight is 155 g/mol. The Morgan fingerprint density at radius 1 is 0.917 bits per heavy atom. The fourth-order valence-electron chi connectivity index (χ4n) is 1.16. The molecular weight excluding hydrogens is 146 g/mol. The minimum absolute atomic E-state index is 1.16. The van der Waals surface area contributed by atoms with E-state index in [4.69, 9.17) is 0 Å². The molecule has 0 aliphatic carbocycles. The summed E-state index contributed by atoms with van der Waals surface area (Å²) < 4.78 is 0. The van der Waals surface area contributed by atoms with Crippen LogP contribution in [0.25, 0.3) is 12.3 Å². The van der Waals surface area contributed by atoms with Crippen LogP contribution in [0.2, 0.25) is 0 Å². The Balaban J connectivity index is 2.80. The third-order valence-corrected chi connectivity index (χ3v) is 1.77. The van der Waals surface area contributed by atoms with Crippen molar-refractivity contribution in [3.8, 4) is 0 Å². The van der Waals surface area contributed by atoms with Crippen LogP contribution in [0, 0.1) is 0 Å². The van der Waals surface area contributed by atoms with E-state index in [9.17, 15) is 0 Å². The van der Waals surface area contributed by atoms with Crippen molar-refractivity contribution < 1.29 is 0 Å². The van der Waals surface area contributed by atoms with Crippen LogP contribution in [-0.2, 0) is 0 Å². The van der Waals surface area contributed by atoms with Gasteiger partial charge in [0, 0.05) is 12.4 Å². The first-order valence-corrected chi connectivity index (χ1v) is 3.92. The zero-order valence-corrected chi connectivity index (χ0v) is 6.64. The van der Waals surface area contributed by atoms with E-state index in [1.165, 1.54) is 5.22 Å². The fourth-order valence-corrected chi connectivity index (χ4v) is 1.16. The second-order valence-corrected chi connectivity index (χ2v) is 2.61. The Kier molecular flexibility index (Phi) is 1.87. The minimum Gasteiger partial charge on any atom is -0.264 e. The molecule has 0 aromatic heterocycles. The van der Waals surface area contributed by atoms with E-state index < -0.39 is 0 Å². The summed E-state index contributed by atoms with van der Waals surface area (Å²) in [6, 6.07) is 8.19. The molecule has 0 fully saturated rings. The number of aliphatic imine (C=N–C) groups is 1. The molecule has 1 nitrogen and oxygen atoms in total. The molecule has 0 N–H and O–H groups in total. The summed E-state index contributed by atoms with van der Waals surface area (Å²) in [6.07, 6.45) is 9.65. The lowest BCUT2D eigenvalue weighted by Crippen LogP contribution is -2.23. The fraction of sp³-hybridized carbons (Fsp3) is 0. The average Bonchev–Trinajstić information content (AvgIpc) is 2.06. The van der Waals surface area contributed by atoms with Crippen molar-refractivity contribution in [1.29, 1.82) is 0 Å². The summed E-state index contributed by atoms with van der Waals surface area (Å²) in [5, 5.41) is 2.38. The lowest BCUT2D eigenvalue weighted by molar-refractivity contribution is 1.49. The van der Waals surface area contributed by atoms with Gasteiger partial charge >= 0.3 is 0 Å². The predicted molar refractivity (Wildman–Crippen MR) is 52.3 cm³/mol. The molecule has 58 valence electrons. The zero-order valence-electron chi connectivity index (χ0n) is 6.64. The molecule has 0 radical (unpaired) electrons. The third kappa shape index (κ3) is 1.35. The number of nitrogens with zero attached hydrogens (tertiary/aromatic N) is 1. The molecule has 0 atom stereocenters. The largest absolute Gasteiger partial charge is 0.264 e. The Hall–Kier alpha value is -1.63. The molecule has 0 bridgehead atoms. The zero-order chi connectivity index (χ0) is 8.23. The highest BCUT2D eigenvalue weighted by molar-refractivity contribution is 5.75. The van der Waals surface area contributed by atoms with Gasteiger partial charge < -0.3 is 0 Å². The van der Waals surface area contributed by atoms with Gasteiger partial charge in [0.2, 0.25) is 0 Å². The van der Waals surface area contributed by atoms with Crippen LogP contribution >= 0.6 is 0 Å². The summed E-state index contributed by atoms with van der Waals surface area (Å²) in [5.74, 6) is 0. The Morgan fingerprint density at radius 3 is 2.67 bits per heavy atom. The summed E-state index contributed by atoms with van der Waals surface area (Å²) >= 11 is 0. The molecule has 12 heavy (non-hydrogen) atoms. The van der Waals surface area contributed by atoms with E-state index in [-0.39, 0.29) is 0 Å². The highest BCUT2D eigenvalue weighted by Crippen LogP contribution is 1.79. The van der Waals surface area contributed by atoms with Gasteiger partial charge in [-0.05, 0) is 16.5 Å². The topological polar surface area (TPSA) is 12.4 Å². The van der Waals surface area contributed by atoms with Gasteiger partial charge in [-0.25, -0.2) is 0 Å². The lowest BCUT2D eigenvalue weighted by atomic mass is 10.2. The molecule has 0 saturated heterocycles. The molecule has 1 aliphatic rings. The molecule has 0 amide bonds. The Labute approximate surface area is 71.1 Å². The van der Waals surface area contributed by atoms with Gasteiger partial charge in [-0.3, -0.25) is 4.99 Å². The molecule has 1 aromatic rings. The highest BCUT2D eigenvalue weighted by atomic mass is 14.7. The summed E-state index contributed by atoms with van der Waals surface area (Å²) in [6.45, 7) is 0. The van der Waals surface area contributed by atoms with Crippen LogP contribution in [0.1, 0.15) is 0 Å². The summed E-state index contributed by atoms with van der Waals surface area (Å²) in [4.78, 5) is 4.12. The second-order valence-electron chi connectivity index (χ2n) is 2.61. The van der Waals surface area contributed by atoms with E-state index in [1.54, 1.807) is 6.21 Å². The molecule has 2 rings (SSSR count). The first-order chi connectivity index (χ1) is 5.97. The minimum atomic E-state index is 1.16. The van der Waals surface area contributed by atoms with Crippen molar-refractivity contribution in [2.75, 3.05) is 0 Å². The van der Waals surface area contributed by atoms with Crippen molar-refractivity contribution in [1.82, 2.24) is 0 Å². The Bertz CT molecular complexity index is 395. The molecule has 1 heterocycles. The van der Waals surface area contributed by atoms with Crippen LogP contribution in [0.4, 0.5) is 0 Å². The number of fused-ring (bicyclic) bond motifs is 1. The third-order valence-electron chi connectivity index (χ3n) is 1.77. The molecule has 1 heteroatoms. The molecule has 0 unspecified atom stereocenters. The standard InChI is InChI=1S/C11H9N/c1-2-7-11-9-12-8-4-3-6-10(11)5-1/h1-9H. The highest BCUT2D eigenvalue weighted by Gasteiger charge is 1.82. The van der Waals surface area contributed by atoms with Crippen molar-refractivity contribution in [2.24, 2.45) is 4.99 Å². The van der Waals surface area contributed by atoms with Gasteiger partial charge in [0.05, 0.1) is 0 Å². The summed E-state index contributed by atoms with van der Waals surface area (Å²) in [5.41, 5.74) is 0. The van der Waals surface area contributed by atoms with E-state index in [0.29, 0.717) is 0 Å². The van der Waals surface area contributed by atoms with Crippen LogP contribution in [0.3, 0.4) is 0 Å². The van der Waals surface area contributed by atoms with Gasteiger partial charge in [-0.15, -0.1) is 0 Å². The number of rotatable bonds is 0. The van der Waals surface area contributed by atoms with E-state index in [1.807, 2.05) is 30.5 Å². The van der Waals surface area contributed by atoms with Crippen molar-refractivity contribution in [3.05, 3.63) is 46.9 Å². The first kappa shape index (κ1) is 7.04. The molecule has 1 aromatic carbocycles. The smallest absolute Gasteiger partial charge is 0.0346 e. The normalized spacial score (nSPS) is 13.7. The number of hydrogen-bond donors (Lipinski definition) is 0. The number of allylic oxidation sites excluding steroid dienone is 2. The van der Waals surface area contributed by atoms with Gasteiger partial charge in [-0.2, -0.15) is 0 Å². The predicted octanol–water partition coefficient (Wildman–Crippen LogP) is 0.846. The maximum absolute atomic E-state index is 4.12. The maximum atomic E-state index is 4.12. The molecular formula is C11H9N. The van der Waals surface area contributed by atoms with Gasteiger partial charge in [0.25, 0.3) is 0 Å². The van der Waals surface area contributed by atoms with Crippen LogP contribution < -0.4 is 10.4 Å². The number of benzene rings is 1. The van der Waals surface area contributed by atoms with E-state index >= 15 is 0 Å². The molecule has 0 spiro atoms. The van der Waals surface area contributed by atoms with Gasteiger partial charge in [0.15, 0.2) is 0 Å². The quantitative estimate of drug-likeness (QED) is 0.526. The van der Waals surface area contributed by atoms with Crippen LogP contribution in [0.15, 0.2) is 41.4 Å². The number of hydrogen-bond acceptors (Lipinski definition) is 1. The first-order valence-electron chi connectivity index (χ1n) is 3.92. The van der Waals surface area contributed by atoms with E-state index in [2.05, 4.69) is 23.2 Å².